The molecule has 0 aromatic heterocycles. The van der Waals surface area contributed by atoms with Crippen LogP contribution < -0.4 is 5.32 Å². The van der Waals surface area contributed by atoms with Gasteiger partial charge in [-0.1, -0.05) is 19.8 Å². The molecule has 3 nitrogen and oxygen atoms in total. The first kappa shape index (κ1) is 11.0. The van der Waals surface area contributed by atoms with Crippen LogP contribution in [0.3, 0.4) is 0 Å². The number of rotatable bonds is 4. The lowest BCUT2D eigenvalue weighted by Crippen LogP contribution is -2.53. The Kier molecular flexibility index (Phi) is 3.78. The molecule has 0 aromatic rings. The molecule has 0 aliphatic carbocycles. The molecule has 3 heteroatoms. The third kappa shape index (κ3) is 2.24. The second-order valence-corrected chi connectivity index (χ2v) is 3.22. The van der Waals surface area contributed by atoms with E-state index in [1.807, 2.05) is 13.8 Å². The van der Waals surface area contributed by atoms with E-state index >= 15 is 0 Å². The Hall–Kier alpha value is -1.01. The van der Waals surface area contributed by atoms with Crippen molar-refractivity contribution in [3.8, 4) is 12.3 Å². The van der Waals surface area contributed by atoms with Gasteiger partial charge in [-0.25, -0.2) is 0 Å². The van der Waals surface area contributed by atoms with Crippen molar-refractivity contribution < 1.29 is 9.90 Å². The van der Waals surface area contributed by atoms with Gasteiger partial charge in [0.05, 0.1) is 6.54 Å². The normalized spacial score (nSPS) is 15.2. The molecular formula is C9H15NO2. The first-order chi connectivity index (χ1) is 5.45. The van der Waals surface area contributed by atoms with E-state index in [0.717, 1.165) is 0 Å². The molecule has 0 rings (SSSR count). The van der Waals surface area contributed by atoms with Gasteiger partial charge in [0, 0.05) is 0 Å². The Morgan fingerprint density at radius 1 is 1.75 bits per heavy atom. The molecule has 0 amide bonds. The lowest BCUT2D eigenvalue weighted by Gasteiger charge is -2.29. The summed E-state index contributed by atoms with van der Waals surface area (Å²) in [4.78, 5) is 10.8. The number of nitrogens with one attached hydrogen (secondary N) is 1. The highest BCUT2D eigenvalue weighted by atomic mass is 16.4. The van der Waals surface area contributed by atoms with Gasteiger partial charge in [0.15, 0.2) is 0 Å². The van der Waals surface area contributed by atoms with Gasteiger partial charge in [-0.3, -0.25) is 10.1 Å². The van der Waals surface area contributed by atoms with Gasteiger partial charge in [-0.2, -0.15) is 0 Å². The number of carboxylic acids is 1. The van der Waals surface area contributed by atoms with Crippen molar-refractivity contribution in [2.24, 2.45) is 5.92 Å². The zero-order valence-electron chi connectivity index (χ0n) is 7.72. The molecule has 0 spiro atoms. The summed E-state index contributed by atoms with van der Waals surface area (Å²) < 4.78 is 0. The third-order valence-electron chi connectivity index (χ3n) is 2.16. The fourth-order valence-corrected chi connectivity index (χ4v) is 0.761. The van der Waals surface area contributed by atoms with Gasteiger partial charge in [0.2, 0.25) is 0 Å². The topological polar surface area (TPSA) is 49.3 Å². The van der Waals surface area contributed by atoms with Crippen LogP contribution in [0.5, 0.6) is 0 Å². The molecule has 0 saturated carbocycles. The number of hydrogen-bond donors (Lipinski definition) is 2. The number of carbonyl (C=O) groups is 1. The van der Waals surface area contributed by atoms with E-state index < -0.39 is 11.5 Å². The summed E-state index contributed by atoms with van der Waals surface area (Å²) in [7, 11) is 0. The standard InChI is InChI=1S/C9H15NO2/c1-5-6-10-9(4,7(2)3)8(11)12/h1,7,10H,6H2,2-4H3,(H,11,12). The van der Waals surface area contributed by atoms with Crippen molar-refractivity contribution in [1.29, 1.82) is 0 Å². The van der Waals surface area contributed by atoms with Crippen molar-refractivity contribution >= 4 is 5.97 Å². The minimum Gasteiger partial charge on any atom is -0.480 e. The smallest absolute Gasteiger partial charge is 0.323 e. The molecular weight excluding hydrogens is 154 g/mol. The number of aliphatic carboxylic acids is 1. The van der Waals surface area contributed by atoms with Crippen LogP contribution >= 0.6 is 0 Å². The molecule has 0 aromatic carbocycles. The second kappa shape index (κ2) is 4.13. The highest BCUT2D eigenvalue weighted by molar-refractivity contribution is 5.78. The molecule has 2 N–H and O–H groups in total. The van der Waals surface area contributed by atoms with Gasteiger partial charge < -0.3 is 5.11 Å². The van der Waals surface area contributed by atoms with Gasteiger partial charge in [-0.05, 0) is 12.8 Å². The summed E-state index contributed by atoms with van der Waals surface area (Å²) in [6.45, 7) is 5.60. The van der Waals surface area contributed by atoms with Gasteiger partial charge in [0.25, 0.3) is 0 Å². The van der Waals surface area contributed by atoms with Crippen molar-refractivity contribution in [2.45, 2.75) is 26.3 Å². The van der Waals surface area contributed by atoms with Crippen molar-refractivity contribution in [3.05, 3.63) is 0 Å². The summed E-state index contributed by atoms with van der Waals surface area (Å²) in [5.41, 5.74) is -0.924. The molecule has 0 saturated heterocycles. The maximum atomic E-state index is 10.8. The Morgan fingerprint density at radius 2 is 2.25 bits per heavy atom. The van der Waals surface area contributed by atoms with Gasteiger partial charge in [-0.15, -0.1) is 6.42 Å². The maximum absolute atomic E-state index is 10.8. The van der Waals surface area contributed by atoms with Crippen LogP contribution in [0.4, 0.5) is 0 Å². The second-order valence-electron chi connectivity index (χ2n) is 3.22. The Morgan fingerprint density at radius 3 is 2.50 bits per heavy atom. The fraction of sp³-hybridized carbons (Fsp3) is 0.667. The number of terminal acetylenes is 1. The van der Waals surface area contributed by atoms with E-state index in [0.29, 0.717) is 0 Å². The minimum atomic E-state index is -0.924. The fourth-order valence-electron chi connectivity index (χ4n) is 0.761. The van der Waals surface area contributed by atoms with Crippen LogP contribution in [0.15, 0.2) is 0 Å². The lowest BCUT2D eigenvalue weighted by atomic mass is 9.88. The van der Waals surface area contributed by atoms with Crippen molar-refractivity contribution in [3.63, 3.8) is 0 Å². The monoisotopic (exact) mass is 169 g/mol. The quantitative estimate of drug-likeness (QED) is 0.609. The van der Waals surface area contributed by atoms with Crippen molar-refractivity contribution in [2.75, 3.05) is 6.54 Å². The van der Waals surface area contributed by atoms with Gasteiger partial charge >= 0.3 is 5.97 Å². The SMILES string of the molecule is C#CCNC(C)(C(=O)O)C(C)C. The van der Waals surface area contributed by atoms with E-state index in [1.54, 1.807) is 6.92 Å². The average Bonchev–Trinajstić information content (AvgIpc) is 1.99. The Labute approximate surface area is 73.2 Å². The van der Waals surface area contributed by atoms with E-state index in [2.05, 4.69) is 11.2 Å². The number of carboxylic acid groups (broad SMARTS) is 1. The van der Waals surface area contributed by atoms with Crippen LogP contribution in [-0.4, -0.2) is 23.2 Å². The van der Waals surface area contributed by atoms with Crippen LogP contribution in [0.1, 0.15) is 20.8 Å². The highest BCUT2D eigenvalue weighted by Crippen LogP contribution is 2.15. The largest absolute Gasteiger partial charge is 0.480 e. The third-order valence-corrected chi connectivity index (χ3v) is 2.16. The Balaban J connectivity index is 4.42. The zero-order valence-corrected chi connectivity index (χ0v) is 7.72. The number of hydrogen-bond acceptors (Lipinski definition) is 2. The summed E-state index contributed by atoms with van der Waals surface area (Å²) in [6, 6.07) is 0. The maximum Gasteiger partial charge on any atom is 0.323 e. The predicted octanol–water partition coefficient (Wildman–Crippen LogP) is 0.708. The molecule has 0 fully saturated rings. The van der Waals surface area contributed by atoms with E-state index in [-0.39, 0.29) is 12.5 Å². The molecule has 0 radical (unpaired) electrons. The highest BCUT2D eigenvalue weighted by Gasteiger charge is 2.35. The average molecular weight is 169 g/mol. The first-order valence-corrected chi connectivity index (χ1v) is 3.87. The van der Waals surface area contributed by atoms with Crippen LogP contribution in [-0.2, 0) is 4.79 Å². The lowest BCUT2D eigenvalue weighted by molar-refractivity contribution is -0.145. The summed E-state index contributed by atoms with van der Waals surface area (Å²) in [5, 5.41) is 11.7. The van der Waals surface area contributed by atoms with Crippen LogP contribution in [0.2, 0.25) is 0 Å². The van der Waals surface area contributed by atoms with E-state index in [4.69, 9.17) is 11.5 Å². The summed E-state index contributed by atoms with van der Waals surface area (Å²) >= 11 is 0. The van der Waals surface area contributed by atoms with Crippen LogP contribution in [0, 0.1) is 18.3 Å². The van der Waals surface area contributed by atoms with Crippen LogP contribution in [0.25, 0.3) is 0 Å². The summed E-state index contributed by atoms with van der Waals surface area (Å²) in [5.74, 6) is 1.49. The summed E-state index contributed by atoms with van der Waals surface area (Å²) in [6.07, 6.45) is 5.03. The molecule has 1 atom stereocenters. The zero-order chi connectivity index (χ0) is 9.78. The predicted molar refractivity (Wildman–Crippen MR) is 47.7 cm³/mol. The molecule has 0 aliphatic heterocycles. The molecule has 0 aliphatic rings. The molecule has 68 valence electrons. The first-order valence-electron chi connectivity index (χ1n) is 3.87. The van der Waals surface area contributed by atoms with Gasteiger partial charge in [0.1, 0.15) is 5.54 Å². The molecule has 12 heavy (non-hydrogen) atoms. The molecule has 0 bridgehead atoms. The van der Waals surface area contributed by atoms with Crippen molar-refractivity contribution in [1.82, 2.24) is 5.32 Å². The minimum absolute atomic E-state index is 0.00310. The Bertz CT molecular complexity index is 205. The van der Waals surface area contributed by atoms with E-state index in [1.165, 1.54) is 0 Å². The molecule has 1 unspecified atom stereocenters. The van der Waals surface area contributed by atoms with E-state index in [9.17, 15) is 4.79 Å². The molecule has 0 heterocycles.